The van der Waals surface area contributed by atoms with Gasteiger partial charge < -0.3 is 15.8 Å². The van der Waals surface area contributed by atoms with Crippen LogP contribution in [0.2, 0.25) is 5.02 Å². The van der Waals surface area contributed by atoms with Crippen molar-refractivity contribution < 1.29 is 9.13 Å². The van der Waals surface area contributed by atoms with Crippen LogP contribution < -0.4 is 21.3 Å². The molecule has 1 saturated heterocycles. The number of nitrogens with two attached hydrogens (primary N) is 1. The van der Waals surface area contributed by atoms with Crippen molar-refractivity contribution in [2.24, 2.45) is 0 Å². The van der Waals surface area contributed by atoms with E-state index in [-0.39, 0.29) is 17.4 Å². The van der Waals surface area contributed by atoms with Crippen LogP contribution in [0.4, 0.5) is 10.1 Å². The maximum absolute atomic E-state index is 13.6. The molecule has 0 saturated carbocycles. The molecule has 1 aliphatic heterocycles. The number of hydrogen-bond donors (Lipinski definition) is 2. The number of hydrogen-bond acceptors (Lipinski definition) is 4. The van der Waals surface area contributed by atoms with E-state index in [2.05, 4.69) is 5.32 Å². The number of pyridine rings is 1. The quantitative estimate of drug-likeness (QED) is 0.843. The molecule has 1 aliphatic rings. The largest absolute Gasteiger partial charge is 0.489 e. The van der Waals surface area contributed by atoms with Gasteiger partial charge in [-0.2, -0.15) is 0 Å². The molecule has 3 N–H and O–H groups in total. The summed E-state index contributed by atoms with van der Waals surface area (Å²) >= 11 is 6.22. The van der Waals surface area contributed by atoms with Crippen LogP contribution in [0.5, 0.6) is 5.75 Å². The third-order valence-corrected chi connectivity index (χ3v) is 4.10. The van der Waals surface area contributed by atoms with Crippen LogP contribution in [0.25, 0.3) is 5.69 Å². The molecule has 122 valence electrons. The first-order valence-electron chi connectivity index (χ1n) is 7.39. The minimum Gasteiger partial charge on any atom is -0.489 e. The van der Waals surface area contributed by atoms with Crippen LogP contribution in [-0.2, 0) is 0 Å². The van der Waals surface area contributed by atoms with Crippen molar-refractivity contribution in [3.8, 4) is 11.4 Å². The van der Waals surface area contributed by atoms with E-state index in [1.165, 1.54) is 29.0 Å². The number of nitrogen functional groups attached to an aromatic ring is 1. The second-order valence-corrected chi connectivity index (χ2v) is 5.87. The van der Waals surface area contributed by atoms with Crippen LogP contribution in [0.1, 0.15) is 12.8 Å². The SMILES string of the molecule is Nc1ccc(-n2cc(Cl)c(OC3CCNCC3)cc2=O)cc1F. The summed E-state index contributed by atoms with van der Waals surface area (Å²) < 4.78 is 20.7. The Kier molecular flexibility index (Phi) is 4.54. The first-order chi connectivity index (χ1) is 11.0. The first-order valence-corrected chi connectivity index (χ1v) is 7.77. The molecule has 2 heterocycles. The molecular formula is C16H17ClFN3O2. The van der Waals surface area contributed by atoms with E-state index in [0.29, 0.717) is 16.5 Å². The smallest absolute Gasteiger partial charge is 0.258 e. The van der Waals surface area contributed by atoms with Gasteiger partial charge in [0, 0.05) is 18.3 Å². The molecule has 0 bridgehead atoms. The van der Waals surface area contributed by atoms with Crippen molar-refractivity contribution in [1.82, 2.24) is 9.88 Å². The summed E-state index contributed by atoms with van der Waals surface area (Å²) in [6.45, 7) is 1.76. The van der Waals surface area contributed by atoms with Gasteiger partial charge in [-0.25, -0.2) is 4.39 Å². The zero-order chi connectivity index (χ0) is 16.4. The van der Waals surface area contributed by atoms with E-state index in [1.54, 1.807) is 6.07 Å². The van der Waals surface area contributed by atoms with Gasteiger partial charge in [0.05, 0.1) is 16.4 Å². The lowest BCUT2D eigenvalue weighted by Crippen LogP contribution is -2.34. The average molecular weight is 338 g/mol. The Morgan fingerprint density at radius 1 is 1.30 bits per heavy atom. The molecule has 1 aromatic carbocycles. The molecule has 2 aromatic rings. The topological polar surface area (TPSA) is 69.3 Å². The molecule has 0 amide bonds. The Labute approximate surface area is 137 Å². The number of ether oxygens (including phenoxy) is 1. The summed E-state index contributed by atoms with van der Waals surface area (Å²) in [5, 5.41) is 3.55. The molecule has 0 aliphatic carbocycles. The predicted octanol–water partition coefficient (Wildman–Crippen LogP) is 2.34. The van der Waals surface area contributed by atoms with Gasteiger partial charge in [-0.3, -0.25) is 9.36 Å². The molecule has 0 radical (unpaired) electrons. The normalized spacial score (nSPS) is 15.6. The lowest BCUT2D eigenvalue weighted by atomic mass is 10.1. The molecule has 0 spiro atoms. The monoisotopic (exact) mass is 337 g/mol. The lowest BCUT2D eigenvalue weighted by molar-refractivity contribution is 0.162. The zero-order valence-corrected chi connectivity index (χ0v) is 13.1. The number of rotatable bonds is 3. The highest BCUT2D eigenvalue weighted by atomic mass is 35.5. The maximum Gasteiger partial charge on any atom is 0.258 e. The van der Waals surface area contributed by atoms with Crippen molar-refractivity contribution in [2.75, 3.05) is 18.8 Å². The van der Waals surface area contributed by atoms with E-state index in [0.717, 1.165) is 25.9 Å². The molecule has 1 aromatic heterocycles. The van der Waals surface area contributed by atoms with E-state index in [9.17, 15) is 9.18 Å². The minimum atomic E-state index is -0.583. The first kappa shape index (κ1) is 15.8. The molecular weight excluding hydrogens is 321 g/mol. The summed E-state index contributed by atoms with van der Waals surface area (Å²) in [5.74, 6) is -0.226. The number of nitrogens with one attached hydrogen (secondary N) is 1. The van der Waals surface area contributed by atoms with Gasteiger partial charge >= 0.3 is 0 Å². The Morgan fingerprint density at radius 3 is 2.74 bits per heavy atom. The van der Waals surface area contributed by atoms with Crippen LogP contribution >= 0.6 is 11.6 Å². The molecule has 1 fully saturated rings. The number of aromatic nitrogens is 1. The summed E-state index contributed by atoms with van der Waals surface area (Å²) in [6, 6.07) is 5.49. The average Bonchev–Trinajstić information content (AvgIpc) is 2.54. The Hall–Kier alpha value is -2.05. The van der Waals surface area contributed by atoms with Gasteiger partial charge in [-0.05, 0) is 38.1 Å². The van der Waals surface area contributed by atoms with Crippen LogP contribution in [0.15, 0.2) is 35.3 Å². The molecule has 0 unspecified atom stereocenters. The van der Waals surface area contributed by atoms with E-state index in [4.69, 9.17) is 22.1 Å². The Balaban J connectivity index is 1.90. The summed E-state index contributed by atoms with van der Waals surface area (Å²) in [7, 11) is 0. The lowest BCUT2D eigenvalue weighted by Gasteiger charge is -2.24. The maximum atomic E-state index is 13.6. The summed E-state index contributed by atoms with van der Waals surface area (Å²) in [4.78, 5) is 12.3. The van der Waals surface area contributed by atoms with Gasteiger partial charge in [-0.1, -0.05) is 11.6 Å². The Morgan fingerprint density at radius 2 is 2.04 bits per heavy atom. The summed E-state index contributed by atoms with van der Waals surface area (Å²) in [5.41, 5.74) is 5.49. The molecule has 5 nitrogen and oxygen atoms in total. The van der Waals surface area contributed by atoms with Crippen molar-refractivity contribution in [1.29, 1.82) is 0 Å². The number of halogens is 2. The number of nitrogens with zero attached hydrogens (tertiary/aromatic N) is 1. The second-order valence-electron chi connectivity index (χ2n) is 5.47. The standard InChI is InChI=1S/C16H17ClFN3O2/c17-12-9-21(10-1-2-14(19)13(18)7-10)16(22)8-15(12)23-11-3-5-20-6-4-11/h1-2,7-9,11,20H,3-6,19H2. The fourth-order valence-electron chi connectivity index (χ4n) is 2.54. The van der Waals surface area contributed by atoms with Crippen molar-refractivity contribution >= 4 is 17.3 Å². The van der Waals surface area contributed by atoms with Crippen molar-refractivity contribution in [3.63, 3.8) is 0 Å². The van der Waals surface area contributed by atoms with E-state index >= 15 is 0 Å². The molecule has 7 heteroatoms. The van der Waals surface area contributed by atoms with Gasteiger partial charge in [0.1, 0.15) is 17.7 Å². The van der Waals surface area contributed by atoms with Gasteiger partial charge in [0.25, 0.3) is 5.56 Å². The van der Waals surface area contributed by atoms with Crippen molar-refractivity contribution in [2.45, 2.75) is 18.9 Å². The van der Waals surface area contributed by atoms with Crippen molar-refractivity contribution in [3.05, 3.63) is 51.7 Å². The molecule has 23 heavy (non-hydrogen) atoms. The molecule has 3 rings (SSSR count). The fourth-order valence-corrected chi connectivity index (χ4v) is 2.74. The highest BCUT2D eigenvalue weighted by Crippen LogP contribution is 2.26. The highest BCUT2D eigenvalue weighted by molar-refractivity contribution is 6.31. The number of anilines is 1. The van der Waals surface area contributed by atoms with E-state index < -0.39 is 5.82 Å². The predicted molar refractivity (Wildman–Crippen MR) is 87.9 cm³/mol. The van der Waals surface area contributed by atoms with Gasteiger partial charge in [-0.15, -0.1) is 0 Å². The second kappa shape index (κ2) is 6.60. The fraction of sp³-hybridized carbons (Fsp3) is 0.312. The minimum absolute atomic E-state index is 0.0266. The van der Waals surface area contributed by atoms with Crippen LogP contribution in [0, 0.1) is 5.82 Å². The highest BCUT2D eigenvalue weighted by Gasteiger charge is 2.17. The zero-order valence-electron chi connectivity index (χ0n) is 12.4. The number of benzene rings is 1. The van der Waals surface area contributed by atoms with E-state index in [1.807, 2.05) is 0 Å². The van der Waals surface area contributed by atoms with Crippen LogP contribution in [-0.4, -0.2) is 23.8 Å². The third kappa shape index (κ3) is 3.48. The van der Waals surface area contributed by atoms with Crippen LogP contribution in [0.3, 0.4) is 0 Å². The third-order valence-electron chi connectivity index (χ3n) is 3.81. The Bertz CT molecular complexity index is 772. The summed E-state index contributed by atoms with van der Waals surface area (Å²) in [6.07, 6.45) is 3.20. The number of piperidine rings is 1. The van der Waals surface area contributed by atoms with Gasteiger partial charge in [0.15, 0.2) is 0 Å². The van der Waals surface area contributed by atoms with Gasteiger partial charge in [0.2, 0.25) is 0 Å². The molecule has 0 atom stereocenters.